The summed E-state index contributed by atoms with van der Waals surface area (Å²) in [4.78, 5) is 27.0. The smallest absolute Gasteiger partial charge is 0.256 e. The number of thioether (sulfide) groups is 2. The number of benzene rings is 1. The molecule has 0 bridgehead atoms. The molecule has 3 nitrogen and oxygen atoms in total. The summed E-state index contributed by atoms with van der Waals surface area (Å²) in [6.07, 6.45) is 0. The number of nitrogens with zero attached hydrogens (tertiary/aromatic N) is 1. The number of rotatable bonds is 0. The molecule has 2 aliphatic rings. The van der Waals surface area contributed by atoms with Crippen LogP contribution in [-0.4, -0.2) is 33.1 Å². The van der Waals surface area contributed by atoms with E-state index in [0.717, 1.165) is 4.90 Å². The lowest BCUT2D eigenvalue weighted by molar-refractivity contribution is -0.114. The maximum absolute atomic E-state index is 12.4. The van der Waals surface area contributed by atoms with Crippen molar-refractivity contribution in [3.8, 4) is 0 Å². The lowest BCUT2D eigenvalue weighted by atomic mass is 10.1. The Bertz CT molecular complexity index is 503. The molecule has 0 aromatic heterocycles. The van der Waals surface area contributed by atoms with E-state index in [-0.39, 0.29) is 22.3 Å². The van der Waals surface area contributed by atoms with E-state index >= 15 is 0 Å². The van der Waals surface area contributed by atoms with Crippen LogP contribution in [0.3, 0.4) is 0 Å². The van der Waals surface area contributed by atoms with Crippen molar-refractivity contribution >= 4 is 34.5 Å². The monoisotopic (exact) mass is 265 g/mol. The Morgan fingerprint density at radius 2 is 2.06 bits per heavy atom. The van der Waals surface area contributed by atoms with Crippen molar-refractivity contribution in [2.45, 2.75) is 23.1 Å². The molecular weight excluding hydrogens is 254 g/mol. The highest BCUT2D eigenvalue weighted by Gasteiger charge is 2.43. The van der Waals surface area contributed by atoms with Gasteiger partial charge in [-0.1, -0.05) is 19.1 Å². The molecule has 5 heteroatoms. The van der Waals surface area contributed by atoms with E-state index in [0.29, 0.717) is 11.4 Å². The third-order valence-corrected chi connectivity index (χ3v) is 5.32. The third kappa shape index (κ3) is 1.68. The van der Waals surface area contributed by atoms with Gasteiger partial charge in [-0.2, -0.15) is 0 Å². The topological polar surface area (TPSA) is 37.4 Å². The predicted octanol–water partition coefficient (Wildman–Crippen LogP) is 2.22. The van der Waals surface area contributed by atoms with Crippen LogP contribution in [0.1, 0.15) is 17.3 Å². The van der Waals surface area contributed by atoms with E-state index in [1.807, 2.05) is 25.1 Å². The van der Waals surface area contributed by atoms with Crippen molar-refractivity contribution in [3.63, 3.8) is 0 Å². The second-order valence-corrected chi connectivity index (χ2v) is 6.52. The summed E-state index contributed by atoms with van der Waals surface area (Å²) in [5.74, 6) is 0.603. The Labute approximate surface area is 108 Å². The maximum Gasteiger partial charge on any atom is 0.256 e. The van der Waals surface area contributed by atoms with Crippen LogP contribution in [-0.2, 0) is 4.79 Å². The van der Waals surface area contributed by atoms with Gasteiger partial charge in [-0.3, -0.25) is 9.59 Å². The number of amides is 1. The Hall–Kier alpha value is -0.940. The van der Waals surface area contributed by atoms with Gasteiger partial charge in [-0.25, -0.2) is 0 Å². The van der Waals surface area contributed by atoms with Crippen LogP contribution >= 0.6 is 23.5 Å². The van der Waals surface area contributed by atoms with E-state index in [4.69, 9.17) is 0 Å². The van der Waals surface area contributed by atoms with E-state index in [2.05, 4.69) is 0 Å². The van der Waals surface area contributed by atoms with E-state index < -0.39 is 0 Å². The van der Waals surface area contributed by atoms with Crippen molar-refractivity contribution in [2.24, 2.45) is 0 Å². The number of carbonyl (C=O) groups excluding carboxylic acids is 2. The highest BCUT2D eigenvalue weighted by atomic mass is 32.2. The van der Waals surface area contributed by atoms with Gasteiger partial charge in [0.2, 0.25) is 5.12 Å². The molecule has 1 aromatic rings. The second kappa shape index (κ2) is 4.07. The van der Waals surface area contributed by atoms with Gasteiger partial charge in [0.25, 0.3) is 5.91 Å². The summed E-state index contributed by atoms with van der Waals surface area (Å²) in [7, 11) is 0. The number of fused-ring (bicyclic) bond motifs is 2. The van der Waals surface area contributed by atoms with Gasteiger partial charge in [-0.05, 0) is 23.9 Å². The molecule has 3 rings (SSSR count). The van der Waals surface area contributed by atoms with Crippen LogP contribution < -0.4 is 0 Å². The molecule has 2 heterocycles. The Balaban J connectivity index is 2.10. The summed E-state index contributed by atoms with van der Waals surface area (Å²) in [5, 5.41) is 0.272. The SMILES string of the molecule is CC1SCN2C(=O)c3ccccc3SC(=O)C12. The fraction of sp³-hybridized carbons (Fsp3) is 0.333. The van der Waals surface area contributed by atoms with Gasteiger partial charge >= 0.3 is 0 Å². The lowest BCUT2D eigenvalue weighted by Crippen LogP contribution is -2.41. The summed E-state index contributed by atoms with van der Waals surface area (Å²) >= 11 is 2.87. The van der Waals surface area contributed by atoms with Crippen molar-refractivity contribution in [1.29, 1.82) is 0 Å². The first-order valence-electron chi connectivity index (χ1n) is 5.42. The minimum atomic E-state index is -0.273. The molecule has 1 amide bonds. The van der Waals surface area contributed by atoms with Gasteiger partial charge in [-0.15, -0.1) is 11.8 Å². The molecule has 0 radical (unpaired) electrons. The van der Waals surface area contributed by atoms with Crippen molar-refractivity contribution in [2.75, 3.05) is 5.88 Å². The van der Waals surface area contributed by atoms with Crippen LogP contribution in [0.25, 0.3) is 0 Å². The van der Waals surface area contributed by atoms with Gasteiger partial charge in [0.15, 0.2) is 0 Å². The van der Waals surface area contributed by atoms with Crippen LogP contribution in [0.4, 0.5) is 0 Å². The van der Waals surface area contributed by atoms with Crippen LogP contribution in [0.5, 0.6) is 0 Å². The predicted molar refractivity (Wildman–Crippen MR) is 69.2 cm³/mol. The molecule has 0 aliphatic carbocycles. The normalized spacial score (nSPS) is 27.7. The Morgan fingerprint density at radius 1 is 1.29 bits per heavy atom. The molecule has 88 valence electrons. The molecule has 1 saturated heterocycles. The quantitative estimate of drug-likeness (QED) is 0.721. The average Bonchev–Trinajstić information content (AvgIpc) is 2.66. The second-order valence-electron chi connectivity index (χ2n) is 4.14. The Kier molecular flexibility index (Phi) is 2.67. The highest BCUT2D eigenvalue weighted by Crippen LogP contribution is 2.39. The van der Waals surface area contributed by atoms with Gasteiger partial charge < -0.3 is 4.90 Å². The lowest BCUT2D eigenvalue weighted by Gasteiger charge is -2.21. The van der Waals surface area contributed by atoms with Gasteiger partial charge in [0, 0.05) is 10.1 Å². The molecule has 2 aliphatic heterocycles. The molecule has 1 fully saturated rings. The van der Waals surface area contributed by atoms with E-state index in [1.165, 1.54) is 11.8 Å². The maximum atomic E-state index is 12.4. The zero-order valence-electron chi connectivity index (χ0n) is 9.25. The molecule has 0 spiro atoms. The molecule has 0 N–H and O–H groups in total. The zero-order chi connectivity index (χ0) is 12.0. The number of hydrogen-bond donors (Lipinski definition) is 0. The zero-order valence-corrected chi connectivity index (χ0v) is 10.9. The first-order chi connectivity index (χ1) is 8.18. The van der Waals surface area contributed by atoms with Crippen LogP contribution in [0, 0.1) is 0 Å². The first-order valence-corrected chi connectivity index (χ1v) is 7.28. The largest absolute Gasteiger partial charge is 0.317 e. The summed E-state index contributed by atoms with van der Waals surface area (Å²) in [5.41, 5.74) is 0.656. The summed E-state index contributed by atoms with van der Waals surface area (Å²) < 4.78 is 0. The van der Waals surface area contributed by atoms with E-state index in [9.17, 15) is 9.59 Å². The van der Waals surface area contributed by atoms with Gasteiger partial charge in [0.05, 0.1) is 11.4 Å². The fourth-order valence-corrected chi connectivity index (χ4v) is 4.48. The van der Waals surface area contributed by atoms with E-state index in [1.54, 1.807) is 22.7 Å². The van der Waals surface area contributed by atoms with Crippen molar-refractivity contribution in [1.82, 2.24) is 4.90 Å². The fourth-order valence-electron chi connectivity index (χ4n) is 2.18. The van der Waals surface area contributed by atoms with Crippen molar-refractivity contribution in [3.05, 3.63) is 29.8 Å². The minimum Gasteiger partial charge on any atom is -0.317 e. The van der Waals surface area contributed by atoms with Crippen molar-refractivity contribution < 1.29 is 9.59 Å². The molecular formula is C12H11NO2S2. The third-order valence-electron chi connectivity index (χ3n) is 3.09. The summed E-state index contributed by atoms with van der Waals surface area (Å²) in [6, 6.07) is 7.07. The molecule has 1 aromatic carbocycles. The average molecular weight is 265 g/mol. The minimum absolute atomic E-state index is 0.0131. The van der Waals surface area contributed by atoms with Crippen LogP contribution in [0.2, 0.25) is 0 Å². The number of hydrogen-bond acceptors (Lipinski definition) is 4. The van der Waals surface area contributed by atoms with Crippen LogP contribution in [0.15, 0.2) is 29.2 Å². The molecule has 2 atom stereocenters. The highest BCUT2D eigenvalue weighted by molar-refractivity contribution is 8.14. The number of carbonyl (C=O) groups is 2. The summed E-state index contributed by atoms with van der Waals surface area (Å²) in [6.45, 7) is 2.01. The van der Waals surface area contributed by atoms with Gasteiger partial charge in [0.1, 0.15) is 6.04 Å². The molecule has 2 unspecified atom stereocenters. The first kappa shape index (κ1) is 11.2. The Morgan fingerprint density at radius 3 is 2.88 bits per heavy atom. The standard InChI is InChI=1S/C12H11NO2S2/c1-7-10-12(15)17-9-5-3-2-4-8(9)11(14)13(10)6-16-7/h2-5,7,10H,6H2,1H3. The molecule has 0 saturated carbocycles. The molecule has 17 heavy (non-hydrogen) atoms.